The quantitative estimate of drug-likeness (QED) is 0.334. The van der Waals surface area contributed by atoms with Crippen molar-refractivity contribution in [2.24, 2.45) is 0 Å². The number of carbonyl (C=O) groups is 1. The fourth-order valence-corrected chi connectivity index (χ4v) is 4.83. The maximum atomic E-state index is 13.2. The zero-order valence-electron chi connectivity index (χ0n) is 18.9. The Morgan fingerprint density at radius 3 is 2.20 bits per heavy atom. The van der Waals surface area contributed by atoms with Crippen LogP contribution in [0.4, 0.5) is 22.1 Å². The third-order valence-electron chi connectivity index (χ3n) is 5.38. The van der Waals surface area contributed by atoms with Crippen LogP contribution in [0.3, 0.4) is 0 Å². The molecule has 0 spiro atoms. The first kappa shape index (κ1) is 22.4. The van der Waals surface area contributed by atoms with E-state index < -0.39 is 16.1 Å². The Bertz CT molecular complexity index is 1550. The number of ether oxygens (including phenoxy) is 1. The summed E-state index contributed by atoms with van der Waals surface area (Å²) in [5, 5.41) is 5.35. The Labute approximate surface area is 202 Å². The number of sulfonamides is 1. The molecule has 0 unspecified atom stereocenters. The van der Waals surface area contributed by atoms with E-state index in [0.717, 1.165) is 16.7 Å². The number of nitrogens with zero attached hydrogens (tertiary/aromatic N) is 2. The van der Waals surface area contributed by atoms with Crippen LogP contribution in [-0.2, 0) is 10.0 Å². The molecule has 0 saturated carbocycles. The molecule has 1 aliphatic heterocycles. The molecule has 3 aromatic carbocycles. The van der Waals surface area contributed by atoms with Gasteiger partial charge in [0.25, 0.3) is 10.0 Å². The molecule has 0 radical (unpaired) electrons. The van der Waals surface area contributed by atoms with E-state index in [1.54, 1.807) is 36.4 Å². The molecule has 4 aromatic rings. The van der Waals surface area contributed by atoms with Crippen LogP contribution in [0.1, 0.15) is 11.1 Å². The molecule has 3 N–H and O–H groups in total. The van der Waals surface area contributed by atoms with Gasteiger partial charge in [-0.3, -0.25) is 0 Å². The van der Waals surface area contributed by atoms with Crippen LogP contribution in [0.25, 0.3) is 11.3 Å². The highest BCUT2D eigenvalue weighted by molar-refractivity contribution is 7.92. The molecule has 176 valence electrons. The van der Waals surface area contributed by atoms with Crippen LogP contribution in [0, 0.1) is 13.8 Å². The normalized spacial score (nSPS) is 14.3. The second-order valence-electron chi connectivity index (χ2n) is 8.02. The van der Waals surface area contributed by atoms with Crippen molar-refractivity contribution in [2.45, 2.75) is 18.7 Å². The van der Waals surface area contributed by atoms with Gasteiger partial charge in [0, 0.05) is 29.1 Å². The van der Waals surface area contributed by atoms with Gasteiger partial charge in [0.1, 0.15) is 5.75 Å². The highest BCUT2D eigenvalue weighted by Crippen LogP contribution is 2.32. The average Bonchev–Trinajstić information content (AvgIpc) is 2.78. The van der Waals surface area contributed by atoms with Gasteiger partial charge in [-0.1, -0.05) is 30.3 Å². The van der Waals surface area contributed by atoms with Gasteiger partial charge in [0.15, 0.2) is 0 Å². The molecule has 2 amide bonds. The SMILES string of the molecule is Cc1cccc(C)c1-c1cc2nc(n1)NS(=O)(=O)c1cccc(c1)NC(=O)Nc1cccc(c1)O2. The molecule has 1 aliphatic rings. The maximum absolute atomic E-state index is 13.2. The minimum atomic E-state index is -4.07. The summed E-state index contributed by atoms with van der Waals surface area (Å²) in [6, 6.07) is 19.6. The van der Waals surface area contributed by atoms with Crippen molar-refractivity contribution >= 4 is 33.4 Å². The van der Waals surface area contributed by atoms with Gasteiger partial charge >= 0.3 is 6.03 Å². The van der Waals surface area contributed by atoms with E-state index in [4.69, 9.17) is 4.74 Å². The lowest BCUT2D eigenvalue weighted by atomic mass is 10.00. The van der Waals surface area contributed by atoms with Gasteiger partial charge in [-0.2, -0.15) is 4.98 Å². The van der Waals surface area contributed by atoms with Gasteiger partial charge in [-0.15, -0.1) is 0 Å². The molecular formula is C25H21N5O4S. The zero-order valence-corrected chi connectivity index (χ0v) is 19.7. The van der Waals surface area contributed by atoms with Crippen LogP contribution in [0.15, 0.2) is 77.7 Å². The van der Waals surface area contributed by atoms with Gasteiger partial charge in [-0.25, -0.2) is 22.9 Å². The lowest BCUT2D eigenvalue weighted by Crippen LogP contribution is -2.20. The number of anilines is 3. The van der Waals surface area contributed by atoms with E-state index in [-0.39, 0.29) is 16.7 Å². The molecule has 0 fully saturated rings. The number of aromatic nitrogens is 2. The van der Waals surface area contributed by atoms with Gasteiger partial charge in [0.2, 0.25) is 11.8 Å². The molecule has 0 atom stereocenters. The largest absolute Gasteiger partial charge is 0.439 e. The lowest BCUT2D eigenvalue weighted by molar-refractivity contribution is 0.262. The second kappa shape index (κ2) is 8.73. The standard InChI is InChI=1S/C25H21N5O4S/c1-15-6-3-7-16(2)23(15)21-14-22-29-24(28-21)30-35(32,33)20-11-5-9-18(13-20)27-25(31)26-17-8-4-10-19(12-17)34-22/h3-14H,1-2H3,(H2,26,27,31)(H,28,29,30). The Kier molecular flexibility index (Phi) is 5.58. The Balaban J connectivity index is 1.70. The predicted molar refractivity (Wildman–Crippen MR) is 133 cm³/mol. The molecule has 0 saturated heterocycles. The topological polar surface area (TPSA) is 122 Å². The number of nitrogens with one attached hydrogen (secondary N) is 3. The summed E-state index contributed by atoms with van der Waals surface area (Å²) < 4.78 is 34.7. The zero-order chi connectivity index (χ0) is 24.6. The Morgan fingerprint density at radius 1 is 0.800 bits per heavy atom. The molecule has 35 heavy (non-hydrogen) atoms. The number of carbonyl (C=O) groups excluding carboxylic acids is 1. The number of fused-ring (bicyclic) bond motifs is 6. The number of urea groups is 1. The minimum absolute atomic E-state index is 0.0609. The van der Waals surface area contributed by atoms with E-state index in [1.807, 2.05) is 32.0 Å². The van der Waals surface area contributed by atoms with Gasteiger partial charge in [-0.05, 0) is 55.3 Å². The van der Waals surface area contributed by atoms with Crippen molar-refractivity contribution in [1.82, 2.24) is 9.97 Å². The lowest BCUT2D eigenvalue weighted by Gasteiger charge is -2.14. The van der Waals surface area contributed by atoms with Gasteiger partial charge in [0.05, 0.1) is 10.6 Å². The van der Waals surface area contributed by atoms with Crippen molar-refractivity contribution < 1.29 is 17.9 Å². The number of rotatable bonds is 1. The first-order chi connectivity index (χ1) is 16.8. The number of aryl methyl sites for hydroxylation is 2. The number of hydrogen-bond donors (Lipinski definition) is 3. The van der Waals surface area contributed by atoms with Crippen LogP contribution in [0.2, 0.25) is 0 Å². The van der Waals surface area contributed by atoms with Crippen molar-refractivity contribution in [3.8, 4) is 22.9 Å². The molecule has 6 bridgehead atoms. The summed E-state index contributed by atoms with van der Waals surface area (Å²) in [7, 11) is -4.07. The van der Waals surface area contributed by atoms with E-state index in [2.05, 4.69) is 25.3 Å². The van der Waals surface area contributed by atoms with E-state index >= 15 is 0 Å². The maximum Gasteiger partial charge on any atom is 0.323 e. The van der Waals surface area contributed by atoms with Crippen molar-refractivity contribution in [3.05, 3.63) is 83.9 Å². The number of amides is 2. The molecule has 2 heterocycles. The smallest absolute Gasteiger partial charge is 0.323 e. The first-order valence-electron chi connectivity index (χ1n) is 10.7. The highest BCUT2D eigenvalue weighted by atomic mass is 32.2. The summed E-state index contributed by atoms with van der Waals surface area (Å²) in [4.78, 5) is 21.2. The number of benzene rings is 3. The average molecular weight is 488 g/mol. The van der Waals surface area contributed by atoms with Crippen LogP contribution >= 0.6 is 0 Å². The monoisotopic (exact) mass is 487 g/mol. The summed E-state index contributed by atoms with van der Waals surface area (Å²) in [6.45, 7) is 3.91. The summed E-state index contributed by atoms with van der Waals surface area (Å²) in [6.07, 6.45) is 0. The summed E-state index contributed by atoms with van der Waals surface area (Å²) in [5.74, 6) is 0.400. The Morgan fingerprint density at radius 2 is 1.46 bits per heavy atom. The molecule has 10 heteroatoms. The van der Waals surface area contributed by atoms with E-state index in [9.17, 15) is 13.2 Å². The third-order valence-corrected chi connectivity index (χ3v) is 6.71. The summed E-state index contributed by atoms with van der Waals surface area (Å²) >= 11 is 0. The summed E-state index contributed by atoms with van der Waals surface area (Å²) in [5.41, 5.74) is 4.09. The molecule has 9 nitrogen and oxygen atoms in total. The molecule has 1 aromatic heterocycles. The molecule has 5 rings (SSSR count). The minimum Gasteiger partial charge on any atom is -0.439 e. The van der Waals surface area contributed by atoms with Crippen LogP contribution < -0.4 is 20.1 Å². The van der Waals surface area contributed by atoms with Crippen molar-refractivity contribution in [2.75, 3.05) is 15.4 Å². The van der Waals surface area contributed by atoms with Crippen molar-refractivity contribution in [3.63, 3.8) is 0 Å². The van der Waals surface area contributed by atoms with Crippen LogP contribution in [-0.4, -0.2) is 24.4 Å². The fourth-order valence-electron chi connectivity index (χ4n) is 3.84. The van der Waals surface area contributed by atoms with E-state index in [1.165, 1.54) is 18.2 Å². The molecule has 0 aliphatic carbocycles. The van der Waals surface area contributed by atoms with Crippen molar-refractivity contribution in [1.29, 1.82) is 0 Å². The van der Waals surface area contributed by atoms with Gasteiger partial charge < -0.3 is 15.4 Å². The van der Waals surface area contributed by atoms with Crippen LogP contribution in [0.5, 0.6) is 11.6 Å². The molecular weight excluding hydrogens is 466 g/mol. The fraction of sp³-hybridized carbons (Fsp3) is 0.0800. The second-order valence-corrected chi connectivity index (χ2v) is 9.71. The number of hydrogen-bond acceptors (Lipinski definition) is 6. The third kappa shape index (κ3) is 4.78. The Hall–Kier alpha value is -4.44. The first-order valence-corrected chi connectivity index (χ1v) is 12.2. The predicted octanol–water partition coefficient (Wildman–Crippen LogP) is 5.31. The van der Waals surface area contributed by atoms with E-state index in [0.29, 0.717) is 22.8 Å². The highest BCUT2D eigenvalue weighted by Gasteiger charge is 2.20.